The van der Waals surface area contributed by atoms with Crippen molar-refractivity contribution in [3.05, 3.63) is 81.6 Å². The number of para-hydroxylation sites is 1. The van der Waals surface area contributed by atoms with Gasteiger partial charge in [-0.05, 0) is 18.6 Å². The highest BCUT2D eigenvalue weighted by molar-refractivity contribution is 6.10. The van der Waals surface area contributed by atoms with Crippen LogP contribution in [0, 0.1) is 6.92 Å². The molecule has 3 nitrogen and oxygen atoms in total. The second-order valence-corrected chi connectivity index (χ2v) is 4.72. The second-order valence-electron chi connectivity index (χ2n) is 4.72. The van der Waals surface area contributed by atoms with Crippen LogP contribution in [-0.2, 0) is 0 Å². The van der Waals surface area contributed by atoms with Crippen molar-refractivity contribution in [2.45, 2.75) is 6.92 Å². The number of carbonyl (C=O) groups is 1. The summed E-state index contributed by atoms with van der Waals surface area (Å²) in [6.45, 7) is 1.93. The predicted molar refractivity (Wildman–Crippen MR) is 79.2 cm³/mol. The van der Waals surface area contributed by atoms with Gasteiger partial charge in [0.1, 0.15) is 0 Å². The Kier molecular flexibility index (Phi) is 2.95. The van der Waals surface area contributed by atoms with Gasteiger partial charge in [0, 0.05) is 17.1 Å². The summed E-state index contributed by atoms with van der Waals surface area (Å²) in [7, 11) is 0. The van der Waals surface area contributed by atoms with Crippen molar-refractivity contribution in [1.82, 2.24) is 4.98 Å². The number of carbonyl (C=O) groups excluding carboxylic acids is 1. The monoisotopic (exact) mass is 263 g/mol. The summed E-state index contributed by atoms with van der Waals surface area (Å²) < 4.78 is 0. The fourth-order valence-corrected chi connectivity index (χ4v) is 2.32. The maximum atomic E-state index is 12.5. The Morgan fingerprint density at radius 1 is 1.00 bits per heavy atom. The van der Waals surface area contributed by atoms with Gasteiger partial charge < -0.3 is 4.98 Å². The Hall–Kier alpha value is -2.68. The number of H-pyrrole nitrogens is 1. The van der Waals surface area contributed by atoms with E-state index in [1.54, 1.807) is 30.3 Å². The van der Waals surface area contributed by atoms with Crippen LogP contribution in [0.4, 0.5) is 0 Å². The van der Waals surface area contributed by atoms with Crippen molar-refractivity contribution in [2.75, 3.05) is 0 Å². The normalized spacial score (nSPS) is 10.7. The second kappa shape index (κ2) is 4.78. The maximum Gasteiger partial charge on any atom is 0.200 e. The number of aryl methyl sites for hydroxylation is 1. The van der Waals surface area contributed by atoms with E-state index in [9.17, 15) is 9.59 Å². The van der Waals surface area contributed by atoms with E-state index in [1.807, 2.05) is 25.1 Å². The van der Waals surface area contributed by atoms with E-state index in [1.165, 1.54) is 6.20 Å². The summed E-state index contributed by atoms with van der Waals surface area (Å²) in [5.41, 5.74) is 2.23. The molecule has 1 heterocycles. The van der Waals surface area contributed by atoms with Gasteiger partial charge in [-0.3, -0.25) is 9.59 Å². The van der Waals surface area contributed by atoms with Crippen molar-refractivity contribution in [2.24, 2.45) is 0 Å². The number of pyridine rings is 1. The van der Waals surface area contributed by atoms with Crippen molar-refractivity contribution in [1.29, 1.82) is 0 Å². The molecule has 0 atom stereocenters. The Balaban J connectivity index is 2.22. The zero-order valence-electron chi connectivity index (χ0n) is 11.0. The third kappa shape index (κ3) is 1.93. The molecule has 3 aromatic rings. The first-order valence-electron chi connectivity index (χ1n) is 6.39. The lowest BCUT2D eigenvalue weighted by atomic mass is 10.0. The third-order valence-corrected chi connectivity index (χ3v) is 3.40. The Morgan fingerprint density at radius 2 is 1.75 bits per heavy atom. The minimum absolute atomic E-state index is 0.175. The fraction of sp³-hybridized carbons (Fsp3) is 0.0588. The molecular weight excluding hydrogens is 250 g/mol. The molecule has 3 rings (SSSR count). The molecule has 3 heteroatoms. The molecule has 98 valence electrons. The molecular formula is C17H13NO2. The van der Waals surface area contributed by atoms with Gasteiger partial charge in [-0.2, -0.15) is 0 Å². The molecule has 0 fully saturated rings. The quantitative estimate of drug-likeness (QED) is 0.722. The smallest absolute Gasteiger partial charge is 0.200 e. The van der Waals surface area contributed by atoms with Crippen molar-refractivity contribution >= 4 is 16.7 Å². The molecule has 0 saturated heterocycles. The summed E-state index contributed by atoms with van der Waals surface area (Å²) in [4.78, 5) is 27.9. The number of ketones is 1. The number of benzene rings is 2. The number of hydrogen-bond acceptors (Lipinski definition) is 2. The fourth-order valence-electron chi connectivity index (χ4n) is 2.32. The third-order valence-electron chi connectivity index (χ3n) is 3.40. The van der Waals surface area contributed by atoms with Crippen LogP contribution in [0.1, 0.15) is 21.5 Å². The molecule has 1 N–H and O–H groups in total. The lowest BCUT2D eigenvalue weighted by Crippen LogP contribution is -2.16. The summed E-state index contributed by atoms with van der Waals surface area (Å²) in [5, 5.41) is 0.548. The number of aromatic nitrogens is 1. The average Bonchev–Trinajstić information content (AvgIpc) is 2.49. The van der Waals surface area contributed by atoms with Gasteiger partial charge in [-0.25, -0.2) is 0 Å². The first kappa shape index (κ1) is 12.4. The lowest BCUT2D eigenvalue weighted by Gasteiger charge is -2.05. The standard InChI is InChI=1S/C17H13NO2/c1-11-6-5-9-13-15(11)18-10-14(17(13)20)16(19)12-7-3-2-4-8-12/h2-10H,1H3,(H,18,20). The molecule has 2 aromatic carbocycles. The number of rotatable bonds is 2. The first-order valence-corrected chi connectivity index (χ1v) is 6.39. The molecule has 20 heavy (non-hydrogen) atoms. The van der Waals surface area contributed by atoms with Crippen molar-refractivity contribution < 1.29 is 4.79 Å². The van der Waals surface area contributed by atoms with Gasteiger partial charge in [0.25, 0.3) is 0 Å². The Labute approximate surface area is 115 Å². The van der Waals surface area contributed by atoms with Gasteiger partial charge in [-0.15, -0.1) is 0 Å². The number of aromatic amines is 1. The highest BCUT2D eigenvalue weighted by Gasteiger charge is 2.14. The number of nitrogens with one attached hydrogen (secondary N) is 1. The molecule has 0 amide bonds. The van der Waals surface area contributed by atoms with E-state index < -0.39 is 0 Å². The van der Waals surface area contributed by atoms with Gasteiger partial charge in [-0.1, -0.05) is 42.5 Å². The molecule has 0 bridgehead atoms. The minimum atomic E-state index is -0.254. The molecule has 1 aromatic heterocycles. The van der Waals surface area contributed by atoms with E-state index >= 15 is 0 Å². The van der Waals surface area contributed by atoms with Crippen LogP contribution in [0.25, 0.3) is 10.9 Å². The highest BCUT2D eigenvalue weighted by atomic mass is 16.1. The summed E-state index contributed by atoms with van der Waals surface area (Å²) >= 11 is 0. The number of fused-ring (bicyclic) bond motifs is 1. The van der Waals surface area contributed by atoms with Gasteiger partial charge in [0.2, 0.25) is 5.43 Å². The first-order chi connectivity index (χ1) is 9.68. The van der Waals surface area contributed by atoms with Crippen molar-refractivity contribution in [3.63, 3.8) is 0 Å². The van der Waals surface area contributed by atoms with E-state index in [2.05, 4.69) is 4.98 Å². The molecule has 0 saturated carbocycles. The minimum Gasteiger partial charge on any atom is -0.360 e. The van der Waals surface area contributed by atoms with Crippen molar-refractivity contribution in [3.8, 4) is 0 Å². The Bertz CT molecular complexity index is 848. The molecule has 0 aliphatic heterocycles. The highest BCUT2D eigenvalue weighted by Crippen LogP contribution is 2.14. The molecule has 0 unspecified atom stereocenters. The summed E-state index contributed by atoms with van der Waals surface area (Å²) in [6, 6.07) is 14.3. The zero-order valence-corrected chi connectivity index (χ0v) is 11.0. The Morgan fingerprint density at radius 3 is 2.50 bits per heavy atom. The maximum absolute atomic E-state index is 12.5. The lowest BCUT2D eigenvalue weighted by molar-refractivity contribution is 0.103. The van der Waals surface area contributed by atoms with Crippen LogP contribution >= 0.6 is 0 Å². The van der Waals surface area contributed by atoms with Gasteiger partial charge in [0.05, 0.1) is 11.1 Å². The molecule has 0 spiro atoms. The summed E-state index contributed by atoms with van der Waals surface area (Å²) in [5.74, 6) is -0.254. The zero-order chi connectivity index (χ0) is 14.1. The molecule has 0 aliphatic carbocycles. The number of hydrogen-bond donors (Lipinski definition) is 1. The van der Waals surface area contributed by atoms with Gasteiger partial charge in [0.15, 0.2) is 5.78 Å². The molecule has 0 radical (unpaired) electrons. The van der Waals surface area contributed by atoms with Crippen LogP contribution in [0.2, 0.25) is 0 Å². The van der Waals surface area contributed by atoms with Crippen LogP contribution < -0.4 is 5.43 Å². The van der Waals surface area contributed by atoms with Crippen LogP contribution in [0.3, 0.4) is 0 Å². The van der Waals surface area contributed by atoms with Crippen LogP contribution in [0.15, 0.2) is 59.5 Å². The molecule has 0 aliphatic rings. The summed E-state index contributed by atoms with van der Waals surface area (Å²) in [6.07, 6.45) is 1.51. The van der Waals surface area contributed by atoms with Gasteiger partial charge >= 0.3 is 0 Å². The largest absolute Gasteiger partial charge is 0.360 e. The van der Waals surface area contributed by atoms with E-state index in [4.69, 9.17) is 0 Å². The van der Waals surface area contributed by atoms with Crippen LogP contribution in [0.5, 0.6) is 0 Å². The SMILES string of the molecule is Cc1cccc2c(=O)c(C(=O)c3ccccc3)c[nH]c12. The van der Waals surface area contributed by atoms with E-state index in [0.717, 1.165) is 11.1 Å². The average molecular weight is 263 g/mol. The topological polar surface area (TPSA) is 49.9 Å². The van der Waals surface area contributed by atoms with Crippen LogP contribution in [-0.4, -0.2) is 10.8 Å². The van der Waals surface area contributed by atoms with E-state index in [0.29, 0.717) is 10.9 Å². The van der Waals surface area contributed by atoms with E-state index in [-0.39, 0.29) is 16.8 Å². The predicted octanol–water partition coefficient (Wildman–Crippen LogP) is 3.07.